The first-order valence-electron chi connectivity index (χ1n) is 10.3. The van der Waals surface area contributed by atoms with Crippen LogP contribution in [0.25, 0.3) is 22.1 Å². The van der Waals surface area contributed by atoms with Crippen LogP contribution in [0.5, 0.6) is 0 Å². The molecule has 0 fully saturated rings. The second-order valence-corrected chi connectivity index (χ2v) is 7.49. The molecule has 9 heteroatoms. The molecule has 0 spiro atoms. The Hall–Kier alpha value is -3.43. The summed E-state index contributed by atoms with van der Waals surface area (Å²) in [6, 6.07) is 13.8. The number of rotatable bonds is 11. The Bertz CT molecular complexity index is 1170. The predicted octanol–water partition coefficient (Wildman–Crippen LogP) is 3.31. The average molecular weight is 439 g/mol. The number of benzene rings is 2. The molecule has 2 heterocycles. The number of methoxy groups -OCH3 is 1. The number of ether oxygens (including phenoxy) is 2. The van der Waals surface area contributed by atoms with E-state index >= 15 is 0 Å². The monoisotopic (exact) mass is 439 g/mol. The number of carbonyl (C=O) groups is 1. The number of para-hydroxylation sites is 2. The zero-order valence-corrected chi connectivity index (χ0v) is 18.0. The lowest BCUT2D eigenvalue weighted by Gasteiger charge is -2.13. The summed E-state index contributed by atoms with van der Waals surface area (Å²) in [4.78, 5) is 17.9. The van der Waals surface area contributed by atoms with E-state index in [0.717, 1.165) is 27.7 Å². The van der Waals surface area contributed by atoms with Gasteiger partial charge in [-0.2, -0.15) is 4.98 Å². The lowest BCUT2D eigenvalue weighted by atomic mass is 10.0. The summed E-state index contributed by atoms with van der Waals surface area (Å²) < 4.78 is 21.6. The van der Waals surface area contributed by atoms with E-state index in [2.05, 4.69) is 10.1 Å². The van der Waals surface area contributed by atoms with Crippen LogP contribution in [-0.4, -0.2) is 61.2 Å². The molecule has 4 rings (SSSR count). The molecule has 0 aliphatic heterocycles. The Morgan fingerprint density at radius 1 is 1.19 bits per heavy atom. The number of anilines is 1. The highest BCUT2D eigenvalue weighted by Gasteiger charge is 2.20. The van der Waals surface area contributed by atoms with E-state index in [1.165, 1.54) is 0 Å². The van der Waals surface area contributed by atoms with Crippen LogP contribution >= 0.6 is 0 Å². The summed E-state index contributed by atoms with van der Waals surface area (Å²) >= 11 is 0. The lowest BCUT2D eigenvalue weighted by molar-refractivity contribution is -0.151. The number of aliphatic carboxylic acids is 1. The van der Waals surface area contributed by atoms with E-state index < -0.39 is 12.1 Å². The van der Waals surface area contributed by atoms with E-state index in [9.17, 15) is 9.90 Å². The van der Waals surface area contributed by atoms with Crippen molar-refractivity contribution in [2.75, 3.05) is 38.8 Å². The third kappa shape index (κ3) is 4.90. The summed E-state index contributed by atoms with van der Waals surface area (Å²) in [5.74, 6) is -1.01. The Morgan fingerprint density at radius 2 is 2.03 bits per heavy atom. The molecule has 168 valence electrons. The van der Waals surface area contributed by atoms with E-state index in [1.54, 1.807) is 7.11 Å². The molecule has 2 aromatic carbocycles. The van der Waals surface area contributed by atoms with Gasteiger partial charge in [-0.1, -0.05) is 23.4 Å². The number of likely N-dealkylation sites (N-methyl/N-ethyl adjacent to an activating group) is 1. The number of oxazole rings is 1. The van der Waals surface area contributed by atoms with Crippen LogP contribution in [0, 0.1) is 0 Å². The van der Waals surface area contributed by atoms with Gasteiger partial charge in [-0.15, -0.1) is 0 Å². The average Bonchev–Trinajstić information content (AvgIpc) is 3.40. The van der Waals surface area contributed by atoms with Gasteiger partial charge in [-0.3, -0.25) is 0 Å². The van der Waals surface area contributed by atoms with Crippen molar-refractivity contribution < 1.29 is 28.3 Å². The lowest BCUT2D eigenvalue weighted by Crippen LogP contribution is -2.27. The Balaban J connectivity index is 1.41. The number of hydrogen-bond donors (Lipinski definition) is 1. The van der Waals surface area contributed by atoms with Crippen LogP contribution in [0.15, 0.2) is 51.4 Å². The van der Waals surface area contributed by atoms with Crippen molar-refractivity contribution in [3.8, 4) is 0 Å². The maximum atomic E-state index is 11.5. The topological polar surface area (TPSA) is 111 Å². The number of nitrogens with zero attached hydrogens (tertiary/aromatic N) is 3. The Labute approximate surface area is 184 Å². The molecule has 0 radical (unpaired) electrons. The first-order valence-corrected chi connectivity index (χ1v) is 10.3. The maximum Gasteiger partial charge on any atom is 0.333 e. The highest BCUT2D eigenvalue weighted by atomic mass is 16.5. The highest BCUT2D eigenvalue weighted by molar-refractivity contribution is 5.80. The van der Waals surface area contributed by atoms with Gasteiger partial charge in [0, 0.05) is 38.9 Å². The largest absolute Gasteiger partial charge is 0.479 e. The molecule has 2 aromatic heterocycles. The fourth-order valence-electron chi connectivity index (χ4n) is 3.44. The zero-order valence-electron chi connectivity index (χ0n) is 18.0. The molecular weight excluding hydrogens is 414 g/mol. The van der Waals surface area contributed by atoms with Crippen LogP contribution in [0.3, 0.4) is 0 Å². The molecule has 4 aromatic rings. The van der Waals surface area contributed by atoms with Crippen molar-refractivity contribution in [3.05, 3.63) is 53.7 Å². The van der Waals surface area contributed by atoms with Crippen molar-refractivity contribution in [1.82, 2.24) is 10.1 Å². The first kappa shape index (κ1) is 21.8. The molecule has 0 amide bonds. The Morgan fingerprint density at radius 3 is 2.81 bits per heavy atom. The molecule has 0 saturated heterocycles. The first-order chi connectivity index (χ1) is 15.5. The van der Waals surface area contributed by atoms with Gasteiger partial charge >= 0.3 is 5.97 Å². The minimum Gasteiger partial charge on any atom is -0.479 e. The number of hydrogen-bond acceptors (Lipinski definition) is 8. The smallest absolute Gasteiger partial charge is 0.333 e. The quantitative estimate of drug-likeness (QED) is 0.352. The van der Waals surface area contributed by atoms with Gasteiger partial charge < -0.3 is 28.4 Å². The van der Waals surface area contributed by atoms with Crippen LogP contribution < -0.4 is 4.90 Å². The molecular formula is C23H25N3O6. The molecule has 0 saturated carbocycles. The number of aromatic nitrogens is 2. The van der Waals surface area contributed by atoms with E-state index in [0.29, 0.717) is 31.2 Å². The SMILES string of the molecule is COCCOC(Cc1ccc2c(CCN(C)c3nc4ccccc4o3)noc2c1)C(=O)O. The van der Waals surface area contributed by atoms with Crippen LogP contribution in [0.4, 0.5) is 6.01 Å². The second-order valence-electron chi connectivity index (χ2n) is 7.49. The van der Waals surface area contributed by atoms with Gasteiger partial charge in [-0.05, 0) is 29.8 Å². The molecule has 32 heavy (non-hydrogen) atoms. The fourth-order valence-corrected chi connectivity index (χ4v) is 3.44. The molecule has 1 atom stereocenters. The van der Waals surface area contributed by atoms with Crippen molar-refractivity contribution >= 4 is 34.1 Å². The van der Waals surface area contributed by atoms with E-state index in [-0.39, 0.29) is 13.0 Å². The van der Waals surface area contributed by atoms with Gasteiger partial charge in [0.05, 0.1) is 18.9 Å². The third-order valence-corrected chi connectivity index (χ3v) is 5.21. The summed E-state index contributed by atoms with van der Waals surface area (Å²) in [5.41, 5.74) is 3.80. The predicted molar refractivity (Wildman–Crippen MR) is 118 cm³/mol. The zero-order chi connectivity index (χ0) is 22.5. The van der Waals surface area contributed by atoms with Crippen LogP contribution in [-0.2, 0) is 27.1 Å². The third-order valence-electron chi connectivity index (χ3n) is 5.21. The maximum absolute atomic E-state index is 11.5. The summed E-state index contributed by atoms with van der Waals surface area (Å²) in [7, 11) is 3.46. The second kappa shape index (κ2) is 9.80. The summed E-state index contributed by atoms with van der Waals surface area (Å²) in [5, 5.41) is 14.5. The fraction of sp³-hybridized carbons (Fsp3) is 0.348. The van der Waals surface area contributed by atoms with Crippen LogP contribution in [0.2, 0.25) is 0 Å². The van der Waals surface area contributed by atoms with Crippen molar-refractivity contribution in [2.45, 2.75) is 18.9 Å². The molecule has 0 bridgehead atoms. The summed E-state index contributed by atoms with van der Waals surface area (Å²) in [6.07, 6.45) is -0.0831. The van der Waals surface area contributed by atoms with E-state index in [1.807, 2.05) is 54.4 Å². The van der Waals surface area contributed by atoms with Gasteiger partial charge in [-0.25, -0.2) is 4.79 Å². The minimum absolute atomic E-state index is 0.218. The van der Waals surface area contributed by atoms with Crippen molar-refractivity contribution in [1.29, 1.82) is 0 Å². The minimum atomic E-state index is -1.01. The van der Waals surface area contributed by atoms with Gasteiger partial charge in [0.25, 0.3) is 6.01 Å². The number of carboxylic acid groups (broad SMARTS) is 1. The normalized spacial score (nSPS) is 12.4. The molecule has 0 aliphatic rings. The van der Waals surface area contributed by atoms with Gasteiger partial charge in [0.15, 0.2) is 17.3 Å². The van der Waals surface area contributed by atoms with Crippen molar-refractivity contribution in [3.63, 3.8) is 0 Å². The van der Waals surface area contributed by atoms with E-state index in [4.69, 9.17) is 18.4 Å². The van der Waals surface area contributed by atoms with Crippen LogP contribution in [0.1, 0.15) is 11.3 Å². The van der Waals surface area contributed by atoms with Gasteiger partial charge in [0.1, 0.15) is 5.52 Å². The standard InChI is InChI=1S/C23H25N3O6/c1-26(23-24-18-5-3-4-6-19(18)31-23)10-9-17-16-8-7-15(13-20(16)32-25-17)14-21(22(27)28)30-12-11-29-2/h3-8,13,21H,9-12,14H2,1-2H3,(H,27,28). The molecule has 1 unspecified atom stereocenters. The highest BCUT2D eigenvalue weighted by Crippen LogP contribution is 2.24. The molecule has 0 aliphatic carbocycles. The number of carboxylic acids is 1. The summed E-state index contributed by atoms with van der Waals surface area (Å²) in [6.45, 7) is 1.20. The Kier molecular flexibility index (Phi) is 6.67. The molecule has 1 N–H and O–H groups in total. The number of fused-ring (bicyclic) bond motifs is 2. The van der Waals surface area contributed by atoms with Crippen molar-refractivity contribution in [2.24, 2.45) is 0 Å². The molecule has 9 nitrogen and oxygen atoms in total. The van der Waals surface area contributed by atoms with Gasteiger partial charge in [0.2, 0.25) is 0 Å².